The normalized spacial score (nSPS) is 13.8. The summed E-state index contributed by atoms with van der Waals surface area (Å²) in [6.07, 6.45) is 30.0. The minimum absolute atomic E-state index is 0.882. The van der Waals surface area contributed by atoms with Crippen molar-refractivity contribution < 1.29 is 0 Å². The molecule has 0 saturated carbocycles. The molecule has 0 spiro atoms. The third-order valence-corrected chi connectivity index (χ3v) is 6.10. The lowest BCUT2D eigenvalue weighted by atomic mass is 9.83. The van der Waals surface area contributed by atoms with E-state index in [-0.39, 0.29) is 0 Å². The molecule has 0 saturated heterocycles. The molecule has 0 aromatic heterocycles. The molecule has 0 rings (SSSR count). The van der Waals surface area contributed by atoms with Gasteiger partial charge < -0.3 is 0 Å². The van der Waals surface area contributed by atoms with Gasteiger partial charge in [0.25, 0.3) is 0 Å². The monoisotopic (exact) mass is 365 g/mol. The number of hydrogen-bond acceptors (Lipinski definition) is 0. The summed E-state index contributed by atoms with van der Waals surface area (Å²) in [4.78, 5) is 0. The zero-order valence-electron chi connectivity index (χ0n) is 19.2. The summed E-state index contributed by atoms with van der Waals surface area (Å²) in [5, 5.41) is 0. The summed E-state index contributed by atoms with van der Waals surface area (Å²) in [6, 6.07) is 0. The van der Waals surface area contributed by atoms with Crippen LogP contribution in [0.2, 0.25) is 0 Å². The first-order chi connectivity index (χ1) is 12.8. The predicted octanol–water partition coefficient (Wildman–Crippen LogP) is 9.91. The van der Waals surface area contributed by atoms with Gasteiger partial charge in [0.1, 0.15) is 0 Å². The van der Waals surface area contributed by atoms with Crippen molar-refractivity contribution in [2.24, 2.45) is 11.8 Å². The summed E-state index contributed by atoms with van der Waals surface area (Å²) in [7, 11) is 0. The molecule has 0 heterocycles. The highest BCUT2D eigenvalue weighted by molar-refractivity contribution is 4.83. The maximum Gasteiger partial charge on any atom is -0.0324 e. The fourth-order valence-corrected chi connectivity index (χ4v) is 4.19. The molecule has 1 radical (unpaired) electrons. The highest BCUT2D eigenvalue weighted by Gasteiger charge is 2.15. The molecule has 0 fully saturated rings. The molecule has 0 aromatic carbocycles. The van der Waals surface area contributed by atoms with Crippen LogP contribution in [-0.2, 0) is 0 Å². The van der Waals surface area contributed by atoms with Crippen molar-refractivity contribution in [2.75, 3.05) is 0 Å². The van der Waals surface area contributed by atoms with E-state index < -0.39 is 0 Å². The van der Waals surface area contributed by atoms with Crippen LogP contribution in [0.4, 0.5) is 0 Å². The van der Waals surface area contributed by atoms with E-state index in [0.29, 0.717) is 0 Å². The largest absolute Gasteiger partial charge is 0.0654 e. The smallest absolute Gasteiger partial charge is 0.0324 e. The van der Waals surface area contributed by atoms with Crippen LogP contribution in [0.1, 0.15) is 150 Å². The first kappa shape index (κ1) is 26.0. The van der Waals surface area contributed by atoms with E-state index in [0.717, 1.165) is 11.8 Å². The zero-order chi connectivity index (χ0) is 19.3. The summed E-state index contributed by atoms with van der Waals surface area (Å²) >= 11 is 0. The van der Waals surface area contributed by atoms with Crippen LogP contribution in [0.15, 0.2) is 0 Å². The van der Waals surface area contributed by atoms with Crippen LogP contribution in [0, 0.1) is 18.3 Å². The first-order valence-corrected chi connectivity index (χ1v) is 12.6. The Morgan fingerprint density at radius 2 is 0.769 bits per heavy atom. The fourth-order valence-electron chi connectivity index (χ4n) is 4.19. The molecule has 0 aliphatic carbocycles. The second-order valence-corrected chi connectivity index (χ2v) is 8.73. The maximum absolute atomic E-state index is 2.80. The summed E-state index contributed by atoms with van der Waals surface area (Å²) in [5.41, 5.74) is 0. The Labute approximate surface area is 168 Å². The van der Waals surface area contributed by atoms with Gasteiger partial charge in [-0.25, -0.2) is 0 Å². The third-order valence-electron chi connectivity index (χ3n) is 6.10. The highest BCUT2D eigenvalue weighted by Crippen LogP contribution is 2.28. The molecule has 157 valence electrons. The van der Waals surface area contributed by atoms with Gasteiger partial charge in [0.15, 0.2) is 0 Å². The van der Waals surface area contributed by atoms with E-state index in [4.69, 9.17) is 0 Å². The second-order valence-electron chi connectivity index (χ2n) is 8.73. The van der Waals surface area contributed by atoms with Gasteiger partial charge in [-0.15, -0.1) is 0 Å². The van der Waals surface area contributed by atoms with Crippen molar-refractivity contribution in [3.63, 3.8) is 0 Å². The van der Waals surface area contributed by atoms with E-state index in [1.54, 1.807) is 0 Å². The molecule has 0 heteroatoms. The van der Waals surface area contributed by atoms with Crippen LogP contribution in [0.5, 0.6) is 0 Å². The summed E-state index contributed by atoms with van der Waals surface area (Å²) < 4.78 is 0. The first-order valence-electron chi connectivity index (χ1n) is 12.6. The number of unbranched alkanes of at least 4 members (excludes halogenated alkanes) is 12. The van der Waals surface area contributed by atoms with Crippen molar-refractivity contribution in [1.29, 1.82) is 0 Å². The van der Waals surface area contributed by atoms with Crippen molar-refractivity contribution in [1.82, 2.24) is 0 Å². The minimum Gasteiger partial charge on any atom is -0.0654 e. The quantitative estimate of drug-likeness (QED) is 0.177. The van der Waals surface area contributed by atoms with Crippen LogP contribution >= 0.6 is 0 Å². The lowest BCUT2D eigenvalue weighted by molar-refractivity contribution is 0.380. The standard InChI is InChI=1S/C26H53/c1-5-9-12-14-16-19-21-25(8-4)24-26(22-18-11-7-3)23-20-17-15-13-10-6-2/h24-26H,5-23H2,1-4H3. The van der Waals surface area contributed by atoms with Crippen LogP contribution in [0.3, 0.4) is 0 Å². The van der Waals surface area contributed by atoms with Gasteiger partial charge in [0.05, 0.1) is 0 Å². The molecule has 0 bridgehead atoms. The van der Waals surface area contributed by atoms with Gasteiger partial charge in [-0.2, -0.15) is 0 Å². The highest BCUT2D eigenvalue weighted by atomic mass is 14.2. The Morgan fingerprint density at radius 1 is 0.423 bits per heavy atom. The van der Waals surface area contributed by atoms with E-state index in [1.165, 1.54) is 122 Å². The Bertz CT molecular complexity index is 244. The molecule has 2 atom stereocenters. The molecule has 0 amide bonds. The average Bonchev–Trinajstić information content (AvgIpc) is 2.66. The molecular formula is C26H53. The van der Waals surface area contributed by atoms with E-state index in [2.05, 4.69) is 34.1 Å². The van der Waals surface area contributed by atoms with Gasteiger partial charge in [0, 0.05) is 0 Å². The Morgan fingerprint density at radius 3 is 1.23 bits per heavy atom. The Balaban J connectivity index is 4.03. The van der Waals surface area contributed by atoms with Gasteiger partial charge >= 0.3 is 0 Å². The Hall–Kier alpha value is 0. The van der Waals surface area contributed by atoms with Crippen LogP contribution in [-0.4, -0.2) is 0 Å². The molecule has 2 unspecified atom stereocenters. The van der Waals surface area contributed by atoms with E-state index in [1.807, 2.05) is 0 Å². The number of hydrogen-bond donors (Lipinski definition) is 0. The van der Waals surface area contributed by atoms with Crippen molar-refractivity contribution in [3.05, 3.63) is 6.42 Å². The number of rotatable bonds is 21. The molecule has 0 aliphatic rings. The van der Waals surface area contributed by atoms with E-state index in [9.17, 15) is 0 Å². The van der Waals surface area contributed by atoms with Crippen molar-refractivity contribution in [2.45, 2.75) is 150 Å². The van der Waals surface area contributed by atoms with Crippen LogP contribution < -0.4 is 0 Å². The third kappa shape index (κ3) is 17.4. The zero-order valence-corrected chi connectivity index (χ0v) is 19.2. The van der Waals surface area contributed by atoms with Gasteiger partial charge in [-0.05, 0) is 18.3 Å². The summed E-state index contributed by atoms with van der Waals surface area (Å²) in [5.74, 6) is 1.78. The van der Waals surface area contributed by atoms with E-state index >= 15 is 0 Å². The lowest BCUT2D eigenvalue weighted by Gasteiger charge is -2.23. The molecule has 0 N–H and O–H groups in total. The topological polar surface area (TPSA) is 0 Å². The van der Waals surface area contributed by atoms with Gasteiger partial charge in [-0.1, -0.05) is 150 Å². The van der Waals surface area contributed by atoms with Crippen LogP contribution in [0.25, 0.3) is 0 Å². The minimum atomic E-state index is 0.882. The second kappa shape index (κ2) is 21.3. The van der Waals surface area contributed by atoms with Crippen molar-refractivity contribution in [3.8, 4) is 0 Å². The lowest BCUT2D eigenvalue weighted by Crippen LogP contribution is -2.10. The SMILES string of the molecule is CCCCCCCCC([CH]C(CCCCC)CCCCCCCC)CC. The molecule has 0 aliphatic heterocycles. The predicted molar refractivity (Wildman–Crippen MR) is 122 cm³/mol. The van der Waals surface area contributed by atoms with Gasteiger partial charge in [-0.3, -0.25) is 0 Å². The van der Waals surface area contributed by atoms with Gasteiger partial charge in [0.2, 0.25) is 0 Å². The Kier molecular flexibility index (Phi) is 21.3. The average molecular weight is 366 g/mol. The molecule has 0 nitrogen and oxygen atoms in total. The maximum atomic E-state index is 2.80. The van der Waals surface area contributed by atoms with Crippen molar-refractivity contribution >= 4 is 0 Å². The summed E-state index contributed by atoms with van der Waals surface area (Å²) in [6.45, 7) is 9.37. The molecule has 0 aromatic rings. The fraction of sp³-hybridized carbons (Fsp3) is 0.962. The molecular weight excluding hydrogens is 312 g/mol. The molecule has 26 heavy (non-hydrogen) atoms.